The zero-order valence-corrected chi connectivity index (χ0v) is 8.67. The third-order valence-electron chi connectivity index (χ3n) is 1.83. The summed E-state index contributed by atoms with van der Waals surface area (Å²) in [6, 6.07) is 7.31. The highest BCUT2D eigenvalue weighted by atomic mass is 35.5. The number of hydrogen-bond acceptors (Lipinski definition) is 2. The van der Waals surface area contributed by atoms with E-state index < -0.39 is 0 Å². The first-order valence-corrected chi connectivity index (χ1v) is 4.64. The van der Waals surface area contributed by atoms with Crippen molar-refractivity contribution >= 4 is 17.3 Å². The zero-order chi connectivity index (χ0) is 10.6. The van der Waals surface area contributed by atoms with Crippen molar-refractivity contribution in [2.45, 2.75) is 13.0 Å². The molecule has 0 radical (unpaired) electrons. The standard InChI is InChI=1S/C11H11ClN2/c1-3-8(2)14-11-6-9(7-13)4-5-10(11)12/h3-6,8,14H,1H2,2H3. The lowest BCUT2D eigenvalue weighted by molar-refractivity contribution is 1.00. The van der Waals surface area contributed by atoms with Crippen LogP contribution in [0.1, 0.15) is 12.5 Å². The summed E-state index contributed by atoms with van der Waals surface area (Å²) in [5.41, 5.74) is 1.35. The first kappa shape index (κ1) is 10.6. The van der Waals surface area contributed by atoms with E-state index in [1.807, 2.05) is 6.92 Å². The molecule has 14 heavy (non-hydrogen) atoms. The zero-order valence-electron chi connectivity index (χ0n) is 7.92. The topological polar surface area (TPSA) is 35.8 Å². The molecule has 1 unspecified atom stereocenters. The van der Waals surface area contributed by atoms with Gasteiger partial charge < -0.3 is 5.32 Å². The smallest absolute Gasteiger partial charge is 0.0992 e. The lowest BCUT2D eigenvalue weighted by atomic mass is 10.2. The van der Waals surface area contributed by atoms with Gasteiger partial charge in [0.25, 0.3) is 0 Å². The number of hydrogen-bond donors (Lipinski definition) is 1. The largest absolute Gasteiger partial charge is 0.378 e. The molecule has 0 aliphatic rings. The quantitative estimate of drug-likeness (QED) is 0.771. The minimum absolute atomic E-state index is 0.126. The normalized spacial score (nSPS) is 11.5. The lowest BCUT2D eigenvalue weighted by Gasteiger charge is -2.12. The van der Waals surface area contributed by atoms with E-state index >= 15 is 0 Å². The Kier molecular flexibility index (Phi) is 3.55. The number of rotatable bonds is 3. The van der Waals surface area contributed by atoms with Crippen LogP contribution in [-0.2, 0) is 0 Å². The van der Waals surface area contributed by atoms with Crippen LogP contribution >= 0.6 is 11.6 Å². The molecule has 0 saturated carbocycles. The Morgan fingerprint density at radius 2 is 2.36 bits per heavy atom. The van der Waals surface area contributed by atoms with Gasteiger partial charge in [0.05, 0.1) is 22.3 Å². The molecule has 0 aliphatic carbocycles. The van der Waals surface area contributed by atoms with Crippen molar-refractivity contribution < 1.29 is 0 Å². The third-order valence-corrected chi connectivity index (χ3v) is 2.16. The Morgan fingerprint density at radius 3 is 2.93 bits per heavy atom. The monoisotopic (exact) mass is 206 g/mol. The average Bonchev–Trinajstić information content (AvgIpc) is 2.21. The van der Waals surface area contributed by atoms with Crippen molar-refractivity contribution in [1.29, 1.82) is 5.26 Å². The second-order valence-corrected chi connectivity index (χ2v) is 3.38. The molecule has 1 rings (SSSR count). The molecule has 3 heteroatoms. The summed E-state index contributed by atoms with van der Waals surface area (Å²) in [7, 11) is 0. The minimum Gasteiger partial charge on any atom is -0.378 e. The molecular weight excluding hydrogens is 196 g/mol. The predicted molar refractivity (Wildman–Crippen MR) is 59.4 cm³/mol. The second kappa shape index (κ2) is 4.69. The van der Waals surface area contributed by atoms with Crippen LogP contribution in [0.15, 0.2) is 30.9 Å². The number of benzene rings is 1. The highest BCUT2D eigenvalue weighted by Gasteiger charge is 2.03. The van der Waals surface area contributed by atoms with Crippen LogP contribution in [0.2, 0.25) is 5.02 Å². The van der Waals surface area contributed by atoms with E-state index in [0.717, 1.165) is 5.69 Å². The van der Waals surface area contributed by atoms with Crippen molar-refractivity contribution in [2.24, 2.45) is 0 Å². The molecule has 72 valence electrons. The van der Waals surface area contributed by atoms with Crippen LogP contribution in [0.3, 0.4) is 0 Å². The number of nitrogens with one attached hydrogen (secondary N) is 1. The highest BCUT2D eigenvalue weighted by Crippen LogP contribution is 2.23. The Labute approximate surface area is 88.8 Å². The van der Waals surface area contributed by atoms with Crippen LogP contribution in [0.4, 0.5) is 5.69 Å². The molecule has 0 amide bonds. The molecule has 0 saturated heterocycles. The van der Waals surface area contributed by atoms with Gasteiger partial charge in [0.15, 0.2) is 0 Å². The number of nitrogens with zero attached hydrogens (tertiary/aromatic N) is 1. The average molecular weight is 207 g/mol. The van der Waals surface area contributed by atoms with Crippen molar-refractivity contribution in [3.05, 3.63) is 41.4 Å². The molecule has 1 N–H and O–H groups in total. The Hall–Kier alpha value is -1.46. The molecule has 0 heterocycles. The summed E-state index contributed by atoms with van der Waals surface area (Å²) in [5.74, 6) is 0. The molecule has 1 atom stereocenters. The molecular formula is C11H11ClN2. The van der Waals surface area contributed by atoms with Gasteiger partial charge in [-0.05, 0) is 25.1 Å². The van der Waals surface area contributed by atoms with Crippen LogP contribution < -0.4 is 5.32 Å². The number of halogens is 1. The lowest BCUT2D eigenvalue weighted by Crippen LogP contribution is -2.11. The highest BCUT2D eigenvalue weighted by molar-refractivity contribution is 6.33. The van der Waals surface area contributed by atoms with E-state index in [9.17, 15) is 0 Å². The first-order chi connectivity index (χ1) is 6.67. The van der Waals surface area contributed by atoms with Gasteiger partial charge in [-0.3, -0.25) is 0 Å². The minimum atomic E-state index is 0.126. The van der Waals surface area contributed by atoms with E-state index in [2.05, 4.69) is 18.0 Å². The summed E-state index contributed by atoms with van der Waals surface area (Å²) in [4.78, 5) is 0. The Bertz CT molecular complexity index is 379. The van der Waals surface area contributed by atoms with E-state index in [1.165, 1.54) is 0 Å². The van der Waals surface area contributed by atoms with Crippen molar-refractivity contribution in [3.8, 4) is 6.07 Å². The molecule has 0 spiro atoms. The van der Waals surface area contributed by atoms with Gasteiger partial charge in [0.1, 0.15) is 0 Å². The maximum absolute atomic E-state index is 8.70. The van der Waals surface area contributed by atoms with Gasteiger partial charge in [-0.25, -0.2) is 0 Å². The summed E-state index contributed by atoms with van der Waals surface area (Å²) in [6.07, 6.45) is 1.77. The van der Waals surface area contributed by atoms with Crippen molar-refractivity contribution in [1.82, 2.24) is 0 Å². The summed E-state index contributed by atoms with van der Waals surface area (Å²) < 4.78 is 0. The van der Waals surface area contributed by atoms with E-state index in [-0.39, 0.29) is 6.04 Å². The van der Waals surface area contributed by atoms with Crippen molar-refractivity contribution in [2.75, 3.05) is 5.32 Å². The first-order valence-electron chi connectivity index (χ1n) is 4.26. The van der Waals surface area contributed by atoms with Crippen molar-refractivity contribution in [3.63, 3.8) is 0 Å². The molecule has 0 bridgehead atoms. The van der Waals surface area contributed by atoms with Crippen LogP contribution in [0.5, 0.6) is 0 Å². The van der Waals surface area contributed by atoms with Crippen LogP contribution in [0.25, 0.3) is 0 Å². The van der Waals surface area contributed by atoms with E-state index in [1.54, 1.807) is 24.3 Å². The van der Waals surface area contributed by atoms with Gasteiger partial charge in [-0.1, -0.05) is 17.7 Å². The van der Waals surface area contributed by atoms with Crippen LogP contribution in [0, 0.1) is 11.3 Å². The van der Waals surface area contributed by atoms with Crippen LogP contribution in [-0.4, -0.2) is 6.04 Å². The Morgan fingerprint density at radius 1 is 1.64 bits per heavy atom. The number of nitriles is 1. The predicted octanol–water partition coefficient (Wildman–Crippen LogP) is 3.20. The molecule has 1 aromatic rings. The van der Waals surface area contributed by atoms with Gasteiger partial charge in [0, 0.05) is 6.04 Å². The fourth-order valence-electron chi connectivity index (χ4n) is 1.01. The fraction of sp³-hybridized carbons (Fsp3) is 0.182. The number of anilines is 1. The molecule has 0 aliphatic heterocycles. The molecule has 2 nitrogen and oxygen atoms in total. The molecule has 0 aromatic heterocycles. The van der Waals surface area contributed by atoms with E-state index in [0.29, 0.717) is 10.6 Å². The Balaban J connectivity index is 2.96. The summed E-state index contributed by atoms with van der Waals surface area (Å²) in [6.45, 7) is 5.62. The van der Waals surface area contributed by atoms with Gasteiger partial charge in [-0.2, -0.15) is 5.26 Å². The fourth-order valence-corrected chi connectivity index (χ4v) is 1.18. The molecule has 0 fully saturated rings. The maximum Gasteiger partial charge on any atom is 0.0992 e. The van der Waals surface area contributed by atoms with E-state index in [4.69, 9.17) is 16.9 Å². The SMILES string of the molecule is C=CC(C)Nc1cc(C#N)ccc1Cl. The van der Waals surface area contributed by atoms with Gasteiger partial charge >= 0.3 is 0 Å². The summed E-state index contributed by atoms with van der Waals surface area (Å²) >= 11 is 5.95. The summed E-state index contributed by atoms with van der Waals surface area (Å²) in [5, 5.41) is 12.4. The second-order valence-electron chi connectivity index (χ2n) is 2.98. The maximum atomic E-state index is 8.70. The van der Waals surface area contributed by atoms with Gasteiger partial charge in [0.2, 0.25) is 0 Å². The molecule has 1 aromatic carbocycles. The van der Waals surface area contributed by atoms with Gasteiger partial charge in [-0.15, -0.1) is 6.58 Å². The third kappa shape index (κ3) is 2.51.